The number of rotatable bonds is 0. The molecule has 0 aliphatic heterocycles. The molecule has 0 saturated heterocycles. The van der Waals surface area contributed by atoms with E-state index in [2.05, 4.69) is 24.8 Å². The van der Waals surface area contributed by atoms with Crippen LogP contribution in [-0.2, 0) is 0 Å². The molecule has 10 heavy (non-hydrogen) atoms. The molecule has 0 fully saturated rings. The van der Waals surface area contributed by atoms with Crippen molar-refractivity contribution in [1.29, 1.82) is 0 Å². The number of hydrogen-bond donors (Lipinski definition) is 1. The van der Waals surface area contributed by atoms with Crippen LogP contribution in [0, 0.1) is 16.1 Å². The van der Waals surface area contributed by atoms with Gasteiger partial charge >= 0.3 is 0 Å². The van der Waals surface area contributed by atoms with Gasteiger partial charge in [-0.15, -0.1) is 24.0 Å². The lowest BCUT2D eigenvalue weighted by Crippen LogP contribution is -1.80. The summed E-state index contributed by atoms with van der Waals surface area (Å²) in [5.41, 5.74) is 0. The van der Waals surface area contributed by atoms with E-state index in [0.29, 0.717) is 0 Å². The molecule has 0 nitrogen and oxygen atoms in total. The van der Waals surface area contributed by atoms with Crippen LogP contribution in [0.4, 0.5) is 8.78 Å². The van der Waals surface area contributed by atoms with E-state index in [-0.39, 0.29) is 8.72 Å². The second-order valence-electron chi connectivity index (χ2n) is 1.53. The van der Waals surface area contributed by atoms with Gasteiger partial charge in [0.25, 0.3) is 0 Å². The van der Waals surface area contributed by atoms with E-state index in [1.165, 1.54) is 0 Å². The average Bonchev–Trinajstić information content (AvgIpc) is 1.93. The molecule has 1 aromatic heterocycles. The lowest BCUT2D eigenvalue weighted by atomic mass is 10.5. The summed E-state index contributed by atoms with van der Waals surface area (Å²) in [6.07, 6.45) is 0. The minimum absolute atomic E-state index is 0.117. The summed E-state index contributed by atoms with van der Waals surface area (Å²) < 4.78 is 24.7. The second kappa shape index (κ2) is 2.94. The van der Waals surface area contributed by atoms with E-state index in [4.69, 9.17) is 0 Å². The van der Waals surface area contributed by atoms with Crippen LogP contribution in [-0.4, -0.2) is 0 Å². The van der Waals surface area contributed by atoms with Crippen molar-refractivity contribution in [3.8, 4) is 0 Å². The SMILES string of the molecule is Fc1csc(S)c(F)c1=S. The third-order valence-corrected chi connectivity index (χ3v) is 2.49. The highest BCUT2D eigenvalue weighted by Crippen LogP contribution is 2.20. The maximum atomic E-state index is 12.6. The highest BCUT2D eigenvalue weighted by Gasteiger charge is 2.03. The summed E-state index contributed by atoms with van der Waals surface area (Å²) in [5.74, 6) is -1.45. The van der Waals surface area contributed by atoms with Crippen LogP contribution in [0.5, 0.6) is 0 Å². The minimum atomic E-state index is -0.747. The minimum Gasteiger partial charge on any atom is -0.204 e. The van der Waals surface area contributed by atoms with Crippen LogP contribution in [0.15, 0.2) is 9.59 Å². The summed E-state index contributed by atoms with van der Waals surface area (Å²) in [5, 5.41) is 1.13. The molecule has 0 aliphatic rings. The fourth-order valence-corrected chi connectivity index (χ4v) is 1.60. The molecule has 1 rings (SSSR count). The summed E-state index contributed by atoms with van der Waals surface area (Å²) in [6, 6.07) is 0. The van der Waals surface area contributed by atoms with Crippen LogP contribution in [0.3, 0.4) is 0 Å². The molecule has 1 heterocycles. The first-order chi connectivity index (χ1) is 4.63. The van der Waals surface area contributed by atoms with Crippen molar-refractivity contribution < 1.29 is 8.78 Å². The largest absolute Gasteiger partial charge is 0.204 e. The molecule has 0 radical (unpaired) electrons. The Balaban J connectivity index is 3.50. The summed E-state index contributed by atoms with van der Waals surface area (Å²) in [4.78, 5) is 0. The summed E-state index contributed by atoms with van der Waals surface area (Å²) in [6.45, 7) is 0. The lowest BCUT2D eigenvalue weighted by Gasteiger charge is -1.92. The third kappa shape index (κ3) is 1.36. The zero-order valence-corrected chi connectivity index (χ0v) is 7.12. The van der Waals surface area contributed by atoms with Crippen LogP contribution in [0.25, 0.3) is 0 Å². The highest BCUT2D eigenvalue weighted by atomic mass is 32.2. The van der Waals surface area contributed by atoms with Gasteiger partial charge in [0.15, 0.2) is 11.6 Å². The van der Waals surface area contributed by atoms with Gasteiger partial charge in [0.1, 0.15) is 4.51 Å². The maximum Gasteiger partial charge on any atom is 0.167 e. The molecule has 0 aliphatic carbocycles. The first-order valence-electron chi connectivity index (χ1n) is 2.28. The second-order valence-corrected chi connectivity index (χ2v) is 3.57. The predicted octanol–water partition coefficient (Wildman–Crippen LogP) is 3.04. The zero-order valence-electron chi connectivity index (χ0n) is 4.60. The molecular formula is C5H2F2S3. The van der Waals surface area contributed by atoms with Crippen molar-refractivity contribution in [1.82, 2.24) is 0 Å². The molecule has 1 aromatic rings. The standard InChI is InChI=1S/C5H2F2S3/c6-2-1-10-5(9)3(7)4(2)8/h1,9H. The Morgan fingerprint density at radius 1 is 1.50 bits per heavy atom. The number of hydrogen-bond acceptors (Lipinski definition) is 3. The van der Waals surface area contributed by atoms with Gasteiger partial charge in [-0.1, -0.05) is 12.2 Å². The Kier molecular flexibility index (Phi) is 2.38. The Morgan fingerprint density at radius 2 is 2.10 bits per heavy atom. The van der Waals surface area contributed by atoms with E-state index in [9.17, 15) is 8.78 Å². The molecule has 5 heteroatoms. The Hall–Kier alpha value is -0.0000000000000000555. The van der Waals surface area contributed by atoms with Gasteiger partial charge in [0, 0.05) is 5.38 Å². The van der Waals surface area contributed by atoms with Crippen molar-refractivity contribution in [3.63, 3.8) is 0 Å². The summed E-state index contributed by atoms with van der Waals surface area (Å²) in [7, 11) is 0. The smallest absolute Gasteiger partial charge is 0.167 e. The van der Waals surface area contributed by atoms with Gasteiger partial charge in [0.2, 0.25) is 0 Å². The van der Waals surface area contributed by atoms with Gasteiger partial charge in [-0.3, -0.25) is 0 Å². The van der Waals surface area contributed by atoms with Crippen molar-refractivity contribution in [3.05, 3.63) is 21.5 Å². The fourth-order valence-electron chi connectivity index (χ4n) is 0.415. The van der Waals surface area contributed by atoms with Gasteiger partial charge in [-0.2, -0.15) is 0 Å². The Labute approximate surface area is 70.9 Å². The molecule has 0 spiro atoms. The Morgan fingerprint density at radius 3 is 2.60 bits per heavy atom. The van der Waals surface area contributed by atoms with E-state index >= 15 is 0 Å². The van der Waals surface area contributed by atoms with Crippen LogP contribution < -0.4 is 0 Å². The predicted molar refractivity (Wildman–Crippen MR) is 42.3 cm³/mol. The summed E-state index contributed by atoms with van der Waals surface area (Å²) >= 11 is 9.00. The quantitative estimate of drug-likeness (QED) is 0.491. The third-order valence-electron chi connectivity index (χ3n) is 0.878. The van der Waals surface area contributed by atoms with Crippen molar-refractivity contribution >= 4 is 36.2 Å². The zero-order chi connectivity index (χ0) is 7.72. The van der Waals surface area contributed by atoms with E-state index in [1.807, 2.05) is 0 Å². The first kappa shape index (κ1) is 8.10. The lowest BCUT2D eigenvalue weighted by molar-refractivity contribution is 0.569. The van der Waals surface area contributed by atoms with Crippen molar-refractivity contribution in [2.45, 2.75) is 4.21 Å². The molecule has 0 N–H and O–H groups in total. The van der Waals surface area contributed by atoms with E-state index in [0.717, 1.165) is 16.7 Å². The first-order valence-corrected chi connectivity index (χ1v) is 4.02. The Bertz CT molecular complexity index is 304. The molecule has 0 unspecified atom stereocenters. The average molecular weight is 196 g/mol. The van der Waals surface area contributed by atoms with Crippen LogP contribution >= 0.6 is 36.2 Å². The van der Waals surface area contributed by atoms with Gasteiger partial charge in [-0.05, 0) is 0 Å². The van der Waals surface area contributed by atoms with Gasteiger partial charge in [-0.25, -0.2) is 8.78 Å². The van der Waals surface area contributed by atoms with Gasteiger partial charge in [0.05, 0.1) is 4.21 Å². The molecule has 0 atom stereocenters. The topological polar surface area (TPSA) is 0 Å². The molecule has 54 valence electrons. The molecule has 0 bridgehead atoms. The highest BCUT2D eigenvalue weighted by molar-refractivity contribution is 7.82. The molecule has 0 aromatic carbocycles. The fraction of sp³-hybridized carbons (Fsp3) is 0. The van der Waals surface area contributed by atoms with Crippen molar-refractivity contribution in [2.75, 3.05) is 0 Å². The molecule has 0 amide bonds. The van der Waals surface area contributed by atoms with Crippen molar-refractivity contribution in [2.24, 2.45) is 0 Å². The maximum absolute atomic E-state index is 12.6. The molecular weight excluding hydrogens is 194 g/mol. The number of halogens is 2. The monoisotopic (exact) mass is 196 g/mol. The normalized spacial score (nSPS) is 9.90. The number of thiol groups is 1. The van der Waals surface area contributed by atoms with E-state index in [1.54, 1.807) is 0 Å². The van der Waals surface area contributed by atoms with Crippen LogP contribution in [0.2, 0.25) is 0 Å². The van der Waals surface area contributed by atoms with Gasteiger partial charge < -0.3 is 0 Å². The van der Waals surface area contributed by atoms with E-state index < -0.39 is 11.6 Å². The molecule has 0 saturated carbocycles. The van der Waals surface area contributed by atoms with Crippen LogP contribution in [0.1, 0.15) is 0 Å².